The average molecular weight is 352 g/mol. The third kappa shape index (κ3) is 3.09. The molecule has 2 aromatic heterocycles. The first-order chi connectivity index (χ1) is 11.1. The highest BCUT2D eigenvalue weighted by Gasteiger charge is 2.18. The van der Waals surface area contributed by atoms with Gasteiger partial charge < -0.3 is 15.5 Å². The Bertz CT molecular complexity index is 841. The Hall–Kier alpha value is -1.93. The minimum atomic E-state index is -0.691. The van der Waals surface area contributed by atoms with Gasteiger partial charge in [-0.2, -0.15) is 0 Å². The monoisotopic (exact) mass is 351 g/mol. The maximum Gasteiger partial charge on any atom is 0.269 e. The number of aliphatic hydroxyl groups is 2. The third-order valence-electron chi connectivity index (χ3n) is 3.37. The summed E-state index contributed by atoms with van der Waals surface area (Å²) < 4.78 is 1.67. The number of carbonyl (C=O) groups is 1. The lowest BCUT2D eigenvalue weighted by atomic mass is 10.2. The lowest BCUT2D eigenvalue weighted by Crippen LogP contribution is -2.40. The van der Waals surface area contributed by atoms with E-state index in [1.54, 1.807) is 22.0 Å². The van der Waals surface area contributed by atoms with Gasteiger partial charge in [0.1, 0.15) is 5.69 Å². The Morgan fingerprint density at radius 1 is 1.35 bits per heavy atom. The van der Waals surface area contributed by atoms with E-state index in [1.807, 2.05) is 18.2 Å². The van der Waals surface area contributed by atoms with Crippen LogP contribution in [0.2, 0.25) is 5.02 Å². The third-order valence-corrected chi connectivity index (χ3v) is 4.54. The summed E-state index contributed by atoms with van der Waals surface area (Å²) >= 11 is 7.51. The van der Waals surface area contributed by atoms with E-state index in [0.717, 1.165) is 5.56 Å². The molecule has 0 saturated carbocycles. The molecule has 0 radical (unpaired) electrons. The predicted molar refractivity (Wildman–Crippen MR) is 88.9 cm³/mol. The van der Waals surface area contributed by atoms with E-state index >= 15 is 0 Å². The molecular weight excluding hydrogens is 338 g/mol. The summed E-state index contributed by atoms with van der Waals surface area (Å²) in [6.07, 6.45) is 1.74. The predicted octanol–water partition coefficient (Wildman–Crippen LogP) is 1.80. The normalized spacial score (nSPS) is 11.3. The van der Waals surface area contributed by atoms with E-state index in [9.17, 15) is 4.79 Å². The van der Waals surface area contributed by atoms with Crippen LogP contribution in [0.4, 0.5) is 0 Å². The summed E-state index contributed by atoms with van der Waals surface area (Å²) in [5.41, 5.74) is 1.86. The molecule has 23 heavy (non-hydrogen) atoms. The van der Waals surface area contributed by atoms with Crippen LogP contribution in [-0.4, -0.2) is 44.8 Å². The van der Waals surface area contributed by atoms with Crippen molar-refractivity contribution in [1.29, 1.82) is 0 Å². The van der Waals surface area contributed by atoms with Crippen molar-refractivity contribution in [3.05, 3.63) is 46.6 Å². The minimum Gasteiger partial charge on any atom is -0.394 e. The van der Waals surface area contributed by atoms with Crippen molar-refractivity contribution in [2.75, 3.05) is 13.2 Å². The Kier molecular flexibility index (Phi) is 4.63. The summed E-state index contributed by atoms with van der Waals surface area (Å²) in [5.74, 6) is -0.382. The van der Waals surface area contributed by atoms with Gasteiger partial charge in [-0.15, -0.1) is 11.3 Å². The van der Waals surface area contributed by atoms with Crippen LogP contribution in [0.1, 0.15) is 10.5 Å². The maximum atomic E-state index is 12.3. The number of hydrogen-bond acceptors (Lipinski definition) is 5. The molecule has 3 rings (SSSR count). The van der Waals surface area contributed by atoms with Gasteiger partial charge in [0, 0.05) is 17.1 Å². The number of nitrogens with one attached hydrogen (secondary N) is 1. The number of thiazole rings is 1. The van der Waals surface area contributed by atoms with Crippen molar-refractivity contribution in [1.82, 2.24) is 14.7 Å². The molecule has 0 aliphatic carbocycles. The molecule has 0 aliphatic heterocycles. The molecule has 0 unspecified atom stereocenters. The Morgan fingerprint density at radius 3 is 2.78 bits per heavy atom. The van der Waals surface area contributed by atoms with Crippen LogP contribution >= 0.6 is 22.9 Å². The molecule has 0 bridgehead atoms. The Labute approximate surface area is 141 Å². The Morgan fingerprint density at radius 2 is 2.09 bits per heavy atom. The van der Waals surface area contributed by atoms with Gasteiger partial charge in [-0.05, 0) is 6.07 Å². The second kappa shape index (κ2) is 6.67. The van der Waals surface area contributed by atoms with Gasteiger partial charge >= 0.3 is 0 Å². The number of benzene rings is 1. The SMILES string of the molecule is O=C(NC(CO)CO)c1csc2nc(-c3ccccc3Cl)cn12. The second-order valence-electron chi connectivity index (χ2n) is 4.92. The highest BCUT2D eigenvalue weighted by atomic mass is 35.5. The molecule has 0 saturated heterocycles. The van der Waals surface area contributed by atoms with E-state index in [1.165, 1.54) is 11.3 Å². The minimum absolute atomic E-state index is 0.329. The average Bonchev–Trinajstić information content (AvgIpc) is 3.13. The highest BCUT2D eigenvalue weighted by molar-refractivity contribution is 7.15. The smallest absolute Gasteiger partial charge is 0.269 e. The largest absolute Gasteiger partial charge is 0.394 e. The number of amides is 1. The van der Waals surface area contributed by atoms with E-state index in [0.29, 0.717) is 21.4 Å². The zero-order chi connectivity index (χ0) is 16.4. The number of halogens is 1. The number of rotatable bonds is 5. The molecule has 8 heteroatoms. The molecule has 120 valence electrons. The topological polar surface area (TPSA) is 86.9 Å². The van der Waals surface area contributed by atoms with E-state index < -0.39 is 6.04 Å². The van der Waals surface area contributed by atoms with Crippen molar-refractivity contribution in [2.45, 2.75) is 6.04 Å². The number of aromatic nitrogens is 2. The number of carbonyl (C=O) groups excluding carboxylic acids is 1. The van der Waals surface area contributed by atoms with Crippen LogP contribution in [0, 0.1) is 0 Å². The van der Waals surface area contributed by atoms with E-state index in [2.05, 4.69) is 10.3 Å². The second-order valence-corrected chi connectivity index (χ2v) is 6.16. The zero-order valence-electron chi connectivity index (χ0n) is 11.9. The van der Waals surface area contributed by atoms with Crippen LogP contribution in [-0.2, 0) is 0 Å². The van der Waals surface area contributed by atoms with Crippen molar-refractivity contribution < 1.29 is 15.0 Å². The van der Waals surface area contributed by atoms with Gasteiger partial charge in [0.2, 0.25) is 0 Å². The standard InChI is InChI=1S/C15H14ClN3O3S/c16-11-4-2-1-3-10(11)12-5-19-13(8-23-15(19)18-12)14(22)17-9(6-20)7-21/h1-5,8-9,20-21H,6-7H2,(H,17,22). The molecule has 3 N–H and O–H groups in total. The quantitative estimate of drug-likeness (QED) is 0.654. The van der Waals surface area contributed by atoms with Crippen LogP contribution in [0.3, 0.4) is 0 Å². The van der Waals surface area contributed by atoms with E-state index in [-0.39, 0.29) is 19.1 Å². The van der Waals surface area contributed by atoms with Gasteiger partial charge in [0.15, 0.2) is 4.96 Å². The van der Waals surface area contributed by atoms with Crippen molar-refractivity contribution >= 4 is 33.8 Å². The number of aliphatic hydroxyl groups excluding tert-OH is 2. The van der Waals surface area contributed by atoms with Crippen LogP contribution in [0.5, 0.6) is 0 Å². The molecule has 1 amide bonds. The van der Waals surface area contributed by atoms with E-state index in [4.69, 9.17) is 21.8 Å². The summed E-state index contributed by atoms with van der Waals surface area (Å²) in [6, 6.07) is 6.67. The van der Waals surface area contributed by atoms with Crippen molar-refractivity contribution in [2.24, 2.45) is 0 Å². The number of hydrogen-bond donors (Lipinski definition) is 3. The first-order valence-corrected chi connectivity index (χ1v) is 8.14. The summed E-state index contributed by atoms with van der Waals surface area (Å²) in [7, 11) is 0. The highest BCUT2D eigenvalue weighted by Crippen LogP contribution is 2.29. The lowest BCUT2D eigenvalue weighted by molar-refractivity contribution is 0.0874. The number of nitrogens with zero attached hydrogens (tertiary/aromatic N) is 2. The maximum absolute atomic E-state index is 12.3. The number of fused-ring (bicyclic) bond motifs is 1. The van der Waals surface area contributed by atoms with Crippen LogP contribution in [0.15, 0.2) is 35.8 Å². The van der Waals surface area contributed by atoms with Crippen LogP contribution < -0.4 is 5.32 Å². The number of imidazole rings is 1. The molecule has 2 heterocycles. The van der Waals surface area contributed by atoms with Gasteiger partial charge in [-0.3, -0.25) is 9.20 Å². The van der Waals surface area contributed by atoms with Crippen molar-refractivity contribution in [3.8, 4) is 11.3 Å². The van der Waals surface area contributed by atoms with Gasteiger partial charge in [-0.25, -0.2) is 4.98 Å². The van der Waals surface area contributed by atoms with Gasteiger partial charge in [0.05, 0.1) is 30.0 Å². The first kappa shape index (κ1) is 15.9. The van der Waals surface area contributed by atoms with Crippen molar-refractivity contribution in [3.63, 3.8) is 0 Å². The van der Waals surface area contributed by atoms with Crippen LogP contribution in [0.25, 0.3) is 16.2 Å². The fourth-order valence-corrected chi connectivity index (χ4v) is 3.24. The molecule has 1 aromatic carbocycles. The Balaban J connectivity index is 1.95. The zero-order valence-corrected chi connectivity index (χ0v) is 13.5. The summed E-state index contributed by atoms with van der Waals surface area (Å²) in [6.45, 7) is -0.658. The fourth-order valence-electron chi connectivity index (χ4n) is 2.15. The molecular formula is C15H14ClN3O3S. The van der Waals surface area contributed by atoms with Gasteiger partial charge in [-0.1, -0.05) is 29.8 Å². The summed E-state index contributed by atoms with van der Waals surface area (Å²) in [5, 5.41) is 23.0. The molecule has 0 fully saturated rings. The fraction of sp³-hybridized carbons (Fsp3) is 0.200. The first-order valence-electron chi connectivity index (χ1n) is 6.88. The molecule has 3 aromatic rings. The van der Waals surface area contributed by atoms with Gasteiger partial charge in [0.25, 0.3) is 5.91 Å². The lowest BCUT2D eigenvalue weighted by Gasteiger charge is -2.12. The molecule has 6 nitrogen and oxygen atoms in total. The molecule has 0 spiro atoms. The summed E-state index contributed by atoms with van der Waals surface area (Å²) in [4.78, 5) is 17.4. The molecule has 0 atom stereocenters. The molecule has 0 aliphatic rings.